The van der Waals surface area contributed by atoms with Gasteiger partial charge in [0.25, 0.3) is 0 Å². The number of rotatable bonds is 6. The Morgan fingerprint density at radius 3 is 2.24 bits per heavy atom. The monoisotopic (exact) mass is 528 g/mol. The molecule has 5 aromatic carbocycles. The number of hydrogen-bond acceptors (Lipinski definition) is 1. The highest BCUT2D eigenvalue weighted by molar-refractivity contribution is 6.15. The van der Waals surface area contributed by atoms with Gasteiger partial charge in [-0.3, -0.25) is 4.57 Å². The number of fused-ring (bicyclic) bond motifs is 4. The molecule has 0 aliphatic rings. The number of aromatic nitrogens is 2. The molecule has 0 saturated heterocycles. The van der Waals surface area contributed by atoms with Crippen molar-refractivity contribution in [3.8, 4) is 16.8 Å². The van der Waals surface area contributed by atoms with Gasteiger partial charge in [0.1, 0.15) is 5.82 Å². The Morgan fingerprint density at radius 2 is 1.54 bits per heavy atom. The summed E-state index contributed by atoms with van der Waals surface area (Å²) in [5, 5.41) is 9.47. The smallest absolute Gasteiger partial charge is 0.145 e. The summed E-state index contributed by atoms with van der Waals surface area (Å²) in [6.45, 7) is 12.0. The molecule has 0 fully saturated rings. The van der Waals surface area contributed by atoms with Gasteiger partial charge >= 0.3 is 0 Å². The van der Waals surface area contributed by atoms with Crippen LogP contribution in [0.15, 0.2) is 135 Å². The van der Waals surface area contributed by atoms with Crippen molar-refractivity contribution < 1.29 is 0 Å². The summed E-state index contributed by atoms with van der Waals surface area (Å²) in [6, 6.07) is 33.0. The zero-order valence-electron chi connectivity index (χ0n) is 23.5. The highest BCUT2D eigenvalue weighted by Crippen LogP contribution is 2.35. The maximum absolute atomic E-state index is 4.97. The summed E-state index contributed by atoms with van der Waals surface area (Å²) in [4.78, 5) is 4.97. The Kier molecular flexibility index (Phi) is 7.06. The van der Waals surface area contributed by atoms with E-state index < -0.39 is 0 Å². The fourth-order valence-electron chi connectivity index (χ4n) is 5.65. The minimum Gasteiger partial charge on any atom is -0.292 e. The average Bonchev–Trinajstić information content (AvgIpc) is 3.38. The van der Waals surface area contributed by atoms with Crippen molar-refractivity contribution in [1.82, 2.24) is 9.55 Å². The first kappa shape index (κ1) is 26.0. The van der Waals surface area contributed by atoms with Crippen molar-refractivity contribution in [2.75, 3.05) is 0 Å². The van der Waals surface area contributed by atoms with E-state index in [9.17, 15) is 0 Å². The lowest BCUT2D eigenvalue weighted by Crippen LogP contribution is -2.29. The zero-order valence-corrected chi connectivity index (χ0v) is 23.5. The standard InChI is InChI=1S/C39H32N2/c1-5-9-14-27(7-3)39-40-37(8-4)38(13-6-2)41(39)32-22-19-28(20-23-32)33-17-12-18-34-35(33)24-21-31-25-29-15-10-11-16-30(29)26-36(31)34/h5-26H,2-3H2,1,4H3/b9-5-,27-14+,37-8+,38-13+. The summed E-state index contributed by atoms with van der Waals surface area (Å²) in [7, 11) is 0. The molecule has 1 heterocycles. The molecule has 0 saturated carbocycles. The fourth-order valence-corrected chi connectivity index (χ4v) is 5.65. The maximum atomic E-state index is 4.97. The van der Waals surface area contributed by atoms with Crippen molar-refractivity contribution in [1.29, 1.82) is 0 Å². The van der Waals surface area contributed by atoms with Crippen LogP contribution in [0.2, 0.25) is 0 Å². The normalized spacial score (nSPS) is 13.2. The largest absolute Gasteiger partial charge is 0.292 e. The lowest BCUT2D eigenvalue weighted by atomic mass is 9.93. The first-order valence-corrected chi connectivity index (χ1v) is 14.0. The molecule has 0 aliphatic carbocycles. The second-order valence-corrected chi connectivity index (χ2v) is 10.0. The minimum atomic E-state index is 0.843. The molecule has 0 radical (unpaired) electrons. The highest BCUT2D eigenvalue weighted by atomic mass is 15.1. The first-order chi connectivity index (χ1) is 20.2. The molecule has 41 heavy (non-hydrogen) atoms. The molecule has 0 atom stereocenters. The predicted molar refractivity (Wildman–Crippen MR) is 179 cm³/mol. The van der Waals surface area contributed by atoms with Crippen LogP contribution in [0, 0.1) is 0 Å². The molecule has 0 bridgehead atoms. The number of benzene rings is 5. The third-order valence-corrected chi connectivity index (χ3v) is 7.62. The Balaban J connectivity index is 1.52. The topological polar surface area (TPSA) is 17.8 Å². The van der Waals surface area contributed by atoms with Crippen LogP contribution in [0.4, 0.5) is 0 Å². The molecule has 0 aliphatic heterocycles. The van der Waals surface area contributed by atoms with E-state index in [4.69, 9.17) is 4.98 Å². The van der Waals surface area contributed by atoms with Gasteiger partial charge < -0.3 is 0 Å². The summed E-state index contributed by atoms with van der Waals surface area (Å²) in [6.07, 6.45) is 13.8. The highest BCUT2D eigenvalue weighted by Gasteiger charge is 2.13. The molecular weight excluding hydrogens is 496 g/mol. The van der Waals surface area contributed by atoms with Gasteiger partial charge in [-0.25, -0.2) is 4.98 Å². The summed E-state index contributed by atoms with van der Waals surface area (Å²) >= 11 is 0. The molecule has 0 spiro atoms. The van der Waals surface area contributed by atoms with E-state index in [2.05, 4.69) is 109 Å². The Hall–Kier alpha value is -5.21. The van der Waals surface area contributed by atoms with Crippen LogP contribution in [-0.4, -0.2) is 9.55 Å². The van der Waals surface area contributed by atoms with Crippen molar-refractivity contribution in [2.45, 2.75) is 13.8 Å². The van der Waals surface area contributed by atoms with Gasteiger partial charge in [-0.05, 0) is 87.6 Å². The van der Waals surface area contributed by atoms with Gasteiger partial charge in [0.15, 0.2) is 0 Å². The van der Waals surface area contributed by atoms with Crippen LogP contribution >= 0.6 is 0 Å². The zero-order chi connectivity index (χ0) is 28.3. The van der Waals surface area contributed by atoms with E-state index in [1.54, 1.807) is 0 Å². The predicted octanol–water partition coefficient (Wildman–Crippen LogP) is 8.91. The second-order valence-electron chi connectivity index (χ2n) is 10.0. The van der Waals surface area contributed by atoms with Crippen molar-refractivity contribution in [3.05, 3.63) is 151 Å². The van der Waals surface area contributed by atoms with E-state index in [0.29, 0.717) is 0 Å². The van der Waals surface area contributed by atoms with Crippen LogP contribution < -0.4 is 10.7 Å². The van der Waals surface area contributed by atoms with E-state index in [-0.39, 0.29) is 0 Å². The molecule has 198 valence electrons. The minimum absolute atomic E-state index is 0.843. The first-order valence-electron chi connectivity index (χ1n) is 14.0. The number of allylic oxidation sites excluding steroid dienone is 6. The Morgan fingerprint density at radius 1 is 0.756 bits per heavy atom. The number of imidazole rings is 1. The third kappa shape index (κ3) is 4.64. The number of nitrogens with zero attached hydrogens (tertiary/aromatic N) is 2. The van der Waals surface area contributed by atoms with Gasteiger partial charge in [-0.1, -0.05) is 116 Å². The maximum Gasteiger partial charge on any atom is 0.145 e. The molecule has 6 aromatic rings. The van der Waals surface area contributed by atoms with Crippen LogP contribution in [0.25, 0.3) is 66.9 Å². The fraction of sp³-hybridized carbons (Fsp3) is 0.0513. The van der Waals surface area contributed by atoms with Gasteiger partial charge in [-0.2, -0.15) is 0 Å². The van der Waals surface area contributed by atoms with Crippen LogP contribution in [0.5, 0.6) is 0 Å². The molecule has 0 N–H and O–H groups in total. The lowest BCUT2D eigenvalue weighted by molar-refractivity contribution is 0.994. The average molecular weight is 529 g/mol. The quantitative estimate of drug-likeness (QED) is 0.120. The van der Waals surface area contributed by atoms with Crippen molar-refractivity contribution in [3.63, 3.8) is 0 Å². The third-order valence-electron chi connectivity index (χ3n) is 7.62. The van der Waals surface area contributed by atoms with E-state index in [1.165, 1.54) is 43.4 Å². The second kappa shape index (κ2) is 11.1. The molecular formula is C39H32N2. The van der Waals surface area contributed by atoms with Crippen molar-refractivity contribution >= 4 is 50.0 Å². The molecule has 0 unspecified atom stereocenters. The van der Waals surface area contributed by atoms with Gasteiger partial charge in [0.2, 0.25) is 0 Å². The molecule has 1 aromatic heterocycles. The Labute approximate surface area is 240 Å². The summed E-state index contributed by atoms with van der Waals surface area (Å²) < 4.78 is 2.18. The van der Waals surface area contributed by atoms with Crippen LogP contribution in [-0.2, 0) is 0 Å². The van der Waals surface area contributed by atoms with Gasteiger partial charge in [0.05, 0.1) is 10.7 Å². The number of hydrogen-bond donors (Lipinski definition) is 0. The summed E-state index contributed by atoms with van der Waals surface area (Å²) in [5.74, 6) is 0.843. The van der Waals surface area contributed by atoms with Crippen LogP contribution in [0.3, 0.4) is 0 Å². The molecule has 2 heteroatoms. The van der Waals surface area contributed by atoms with E-state index in [1.807, 2.05) is 56.4 Å². The van der Waals surface area contributed by atoms with Gasteiger partial charge in [-0.15, -0.1) is 0 Å². The molecule has 0 amide bonds. The molecule has 6 rings (SSSR count). The molecule has 2 nitrogen and oxygen atoms in total. The SMILES string of the molecule is C=C/C=c1\c(=C/C)nc(/C(C=C)=C/C=C\C)n1-c1ccc(-c2cccc3c2ccc2cc4ccccc4cc23)cc1. The van der Waals surface area contributed by atoms with E-state index in [0.717, 1.165) is 27.8 Å². The van der Waals surface area contributed by atoms with Gasteiger partial charge in [0, 0.05) is 11.3 Å². The van der Waals surface area contributed by atoms with Crippen molar-refractivity contribution in [2.24, 2.45) is 0 Å². The lowest BCUT2D eigenvalue weighted by Gasteiger charge is -2.13. The van der Waals surface area contributed by atoms with E-state index >= 15 is 0 Å². The Bertz CT molecular complexity index is 2130. The summed E-state index contributed by atoms with van der Waals surface area (Å²) in [5.41, 5.74) is 4.37. The van der Waals surface area contributed by atoms with Crippen LogP contribution in [0.1, 0.15) is 19.7 Å².